The summed E-state index contributed by atoms with van der Waals surface area (Å²) in [7, 11) is 0. The molecule has 19 heavy (non-hydrogen) atoms. The minimum absolute atomic E-state index is 0. The highest BCUT2D eigenvalue weighted by molar-refractivity contribution is 5.97. The van der Waals surface area contributed by atoms with Gasteiger partial charge in [0.05, 0.1) is 5.56 Å². The van der Waals surface area contributed by atoms with Crippen LogP contribution in [0.2, 0.25) is 0 Å². The predicted octanol–water partition coefficient (Wildman–Crippen LogP) is 1.93. The third-order valence-corrected chi connectivity index (χ3v) is 3.62. The number of phenolic OH excluding ortho intramolecular Hbond substituents is 1. The number of carbonyl (C=O) groups is 1. The molecule has 0 aromatic heterocycles. The summed E-state index contributed by atoms with van der Waals surface area (Å²) < 4.78 is 0. The lowest BCUT2D eigenvalue weighted by molar-refractivity contribution is 0.0690. The van der Waals surface area contributed by atoms with Crippen molar-refractivity contribution >= 4 is 18.3 Å². The van der Waals surface area contributed by atoms with E-state index >= 15 is 0 Å². The van der Waals surface area contributed by atoms with E-state index in [1.807, 2.05) is 6.92 Å². The van der Waals surface area contributed by atoms with Gasteiger partial charge in [0, 0.05) is 13.1 Å². The van der Waals surface area contributed by atoms with E-state index in [9.17, 15) is 9.90 Å². The van der Waals surface area contributed by atoms with Crippen molar-refractivity contribution in [2.45, 2.75) is 19.8 Å². The SMILES string of the molecule is Cc1ccc(O)c(C(=O)N2CCC(CN)CC2)c1.Cl. The fourth-order valence-electron chi connectivity index (χ4n) is 2.36. The van der Waals surface area contributed by atoms with Crippen molar-refractivity contribution in [1.29, 1.82) is 0 Å². The Morgan fingerprint density at radius 3 is 2.63 bits per heavy atom. The molecule has 1 saturated heterocycles. The number of nitrogens with zero attached hydrogens (tertiary/aromatic N) is 1. The van der Waals surface area contributed by atoms with Crippen LogP contribution in [-0.4, -0.2) is 35.5 Å². The van der Waals surface area contributed by atoms with Gasteiger partial charge in [-0.25, -0.2) is 0 Å². The van der Waals surface area contributed by atoms with Crippen molar-refractivity contribution in [3.63, 3.8) is 0 Å². The molecule has 1 amide bonds. The highest BCUT2D eigenvalue weighted by Gasteiger charge is 2.24. The summed E-state index contributed by atoms with van der Waals surface area (Å²) in [6, 6.07) is 5.12. The average Bonchev–Trinajstić information content (AvgIpc) is 2.41. The Morgan fingerprint density at radius 2 is 2.05 bits per heavy atom. The molecule has 0 spiro atoms. The largest absolute Gasteiger partial charge is 0.507 e. The highest BCUT2D eigenvalue weighted by Crippen LogP contribution is 2.23. The molecular formula is C14H21ClN2O2. The summed E-state index contributed by atoms with van der Waals surface area (Å²) in [5.74, 6) is 0.512. The van der Waals surface area contributed by atoms with E-state index in [4.69, 9.17) is 5.73 Å². The van der Waals surface area contributed by atoms with Gasteiger partial charge in [-0.3, -0.25) is 4.79 Å². The molecule has 0 aliphatic carbocycles. The van der Waals surface area contributed by atoms with Gasteiger partial charge in [-0.05, 0) is 44.4 Å². The van der Waals surface area contributed by atoms with Gasteiger partial charge in [-0.1, -0.05) is 11.6 Å². The third-order valence-electron chi connectivity index (χ3n) is 3.62. The second-order valence-corrected chi connectivity index (χ2v) is 4.99. The number of piperidine rings is 1. The molecule has 0 bridgehead atoms. The molecule has 5 heteroatoms. The summed E-state index contributed by atoms with van der Waals surface area (Å²) in [6.45, 7) is 4.07. The fraction of sp³-hybridized carbons (Fsp3) is 0.500. The van der Waals surface area contributed by atoms with Gasteiger partial charge < -0.3 is 15.7 Å². The second kappa shape index (κ2) is 6.78. The lowest BCUT2D eigenvalue weighted by Gasteiger charge is -2.31. The van der Waals surface area contributed by atoms with Gasteiger partial charge >= 0.3 is 0 Å². The van der Waals surface area contributed by atoms with Gasteiger partial charge in [0.25, 0.3) is 5.91 Å². The summed E-state index contributed by atoms with van der Waals surface area (Å²) in [6.07, 6.45) is 1.91. The maximum absolute atomic E-state index is 12.3. The molecule has 1 heterocycles. The molecule has 106 valence electrons. The topological polar surface area (TPSA) is 66.6 Å². The van der Waals surface area contributed by atoms with E-state index in [-0.39, 0.29) is 24.1 Å². The number of amides is 1. The quantitative estimate of drug-likeness (QED) is 0.872. The van der Waals surface area contributed by atoms with Crippen molar-refractivity contribution in [2.24, 2.45) is 11.7 Å². The number of hydrogen-bond acceptors (Lipinski definition) is 3. The summed E-state index contributed by atoms with van der Waals surface area (Å²) in [5, 5.41) is 9.77. The summed E-state index contributed by atoms with van der Waals surface area (Å²) in [4.78, 5) is 14.1. The Morgan fingerprint density at radius 1 is 1.42 bits per heavy atom. The molecule has 1 fully saturated rings. The normalized spacial score (nSPS) is 16.0. The maximum atomic E-state index is 12.3. The van der Waals surface area contributed by atoms with Crippen LogP contribution in [0.1, 0.15) is 28.8 Å². The van der Waals surface area contributed by atoms with Crippen LogP contribution in [-0.2, 0) is 0 Å². The number of rotatable bonds is 2. The Balaban J connectivity index is 0.00000180. The monoisotopic (exact) mass is 284 g/mol. The summed E-state index contributed by atoms with van der Waals surface area (Å²) in [5.41, 5.74) is 7.02. The molecule has 1 aromatic carbocycles. The van der Waals surface area contributed by atoms with Crippen LogP contribution in [0.5, 0.6) is 5.75 Å². The molecule has 1 aliphatic heterocycles. The van der Waals surface area contributed by atoms with Gasteiger partial charge in [-0.2, -0.15) is 0 Å². The van der Waals surface area contributed by atoms with E-state index in [2.05, 4.69) is 0 Å². The van der Waals surface area contributed by atoms with Gasteiger partial charge in [0.1, 0.15) is 5.75 Å². The Kier molecular flexibility index (Phi) is 5.63. The molecule has 3 N–H and O–H groups in total. The minimum Gasteiger partial charge on any atom is -0.507 e. The second-order valence-electron chi connectivity index (χ2n) is 4.99. The molecular weight excluding hydrogens is 264 g/mol. The highest BCUT2D eigenvalue weighted by atomic mass is 35.5. The van der Waals surface area contributed by atoms with Crippen molar-refractivity contribution < 1.29 is 9.90 Å². The van der Waals surface area contributed by atoms with Gasteiger partial charge in [-0.15, -0.1) is 12.4 Å². The number of likely N-dealkylation sites (tertiary alicyclic amines) is 1. The lowest BCUT2D eigenvalue weighted by atomic mass is 9.96. The molecule has 0 atom stereocenters. The first-order valence-corrected chi connectivity index (χ1v) is 6.40. The first-order valence-electron chi connectivity index (χ1n) is 6.40. The third kappa shape index (κ3) is 3.61. The minimum atomic E-state index is -0.0772. The number of halogens is 1. The van der Waals surface area contributed by atoms with Crippen molar-refractivity contribution in [1.82, 2.24) is 4.90 Å². The van der Waals surface area contributed by atoms with Crippen LogP contribution in [0.25, 0.3) is 0 Å². The zero-order valence-corrected chi connectivity index (χ0v) is 11.9. The molecule has 0 radical (unpaired) electrons. The fourth-order valence-corrected chi connectivity index (χ4v) is 2.36. The van der Waals surface area contributed by atoms with Crippen molar-refractivity contribution in [3.8, 4) is 5.75 Å². The lowest BCUT2D eigenvalue weighted by Crippen LogP contribution is -2.40. The average molecular weight is 285 g/mol. The van der Waals surface area contributed by atoms with E-state index < -0.39 is 0 Å². The Hall–Kier alpha value is -1.26. The van der Waals surface area contributed by atoms with E-state index in [0.717, 1.165) is 31.5 Å². The van der Waals surface area contributed by atoms with Crippen LogP contribution in [0, 0.1) is 12.8 Å². The molecule has 0 saturated carbocycles. The zero-order valence-electron chi connectivity index (χ0n) is 11.1. The standard InChI is InChI=1S/C14H20N2O2.ClH/c1-10-2-3-13(17)12(8-10)14(18)16-6-4-11(9-15)5-7-16;/h2-3,8,11,17H,4-7,9,15H2,1H3;1H. The van der Waals surface area contributed by atoms with Crippen molar-refractivity contribution in [3.05, 3.63) is 29.3 Å². The van der Waals surface area contributed by atoms with Gasteiger partial charge in [0.2, 0.25) is 0 Å². The molecule has 1 aliphatic rings. The number of aryl methyl sites for hydroxylation is 1. The van der Waals surface area contributed by atoms with Crippen LogP contribution >= 0.6 is 12.4 Å². The maximum Gasteiger partial charge on any atom is 0.257 e. The van der Waals surface area contributed by atoms with E-state index in [1.54, 1.807) is 23.1 Å². The first-order chi connectivity index (χ1) is 8.61. The van der Waals surface area contributed by atoms with Crippen molar-refractivity contribution in [2.75, 3.05) is 19.6 Å². The summed E-state index contributed by atoms with van der Waals surface area (Å²) >= 11 is 0. The number of phenols is 1. The van der Waals surface area contributed by atoms with Crippen LogP contribution in [0.4, 0.5) is 0 Å². The van der Waals surface area contributed by atoms with Crippen LogP contribution in [0.3, 0.4) is 0 Å². The van der Waals surface area contributed by atoms with E-state index in [1.165, 1.54) is 0 Å². The number of nitrogens with two attached hydrogens (primary N) is 1. The smallest absolute Gasteiger partial charge is 0.257 e. The Bertz CT molecular complexity index is 443. The van der Waals surface area contributed by atoms with Gasteiger partial charge in [0.15, 0.2) is 0 Å². The molecule has 0 unspecified atom stereocenters. The molecule has 4 nitrogen and oxygen atoms in total. The van der Waals surface area contributed by atoms with E-state index in [0.29, 0.717) is 18.0 Å². The molecule has 1 aromatic rings. The first kappa shape index (κ1) is 15.8. The number of benzene rings is 1. The Labute approximate surface area is 120 Å². The zero-order chi connectivity index (χ0) is 13.1. The number of aromatic hydroxyl groups is 1. The molecule has 2 rings (SSSR count). The van der Waals surface area contributed by atoms with Crippen LogP contribution in [0.15, 0.2) is 18.2 Å². The number of carbonyl (C=O) groups excluding carboxylic acids is 1. The van der Waals surface area contributed by atoms with Crippen LogP contribution < -0.4 is 5.73 Å². The predicted molar refractivity (Wildman–Crippen MR) is 77.8 cm³/mol. The number of hydrogen-bond donors (Lipinski definition) is 2.